The predicted molar refractivity (Wildman–Crippen MR) is 188 cm³/mol. The highest BCUT2D eigenvalue weighted by Crippen LogP contribution is 2.37. The third kappa shape index (κ3) is 7.90. The molecule has 15 heteroatoms. The molecule has 4 N–H and O–H groups in total. The van der Waals surface area contributed by atoms with E-state index in [2.05, 4.69) is 27.1 Å². The van der Waals surface area contributed by atoms with Gasteiger partial charge >= 0.3 is 6.18 Å². The van der Waals surface area contributed by atoms with E-state index in [-0.39, 0.29) is 42.2 Å². The smallest absolute Gasteiger partial charge is 0.404 e. The van der Waals surface area contributed by atoms with E-state index in [1.165, 1.54) is 11.1 Å². The second-order valence-corrected chi connectivity index (χ2v) is 13.6. The molecule has 3 heterocycles. The van der Waals surface area contributed by atoms with Gasteiger partial charge in [-0.3, -0.25) is 24.2 Å². The summed E-state index contributed by atoms with van der Waals surface area (Å²) in [4.78, 5) is 52.6. The van der Waals surface area contributed by atoms with Gasteiger partial charge in [-0.15, -0.1) is 11.3 Å². The molecule has 0 saturated carbocycles. The molecule has 51 heavy (non-hydrogen) atoms. The van der Waals surface area contributed by atoms with Crippen LogP contribution in [0.1, 0.15) is 53.3 Å². The summed E-state index contributed by atoms with van der Waals surface area (Å²) in [5, 5.41) is 5.39. The molecule has 270 valence electrons. The third-order valence-electron chi connectivity index (χ3n) is 9.29. The van der Waals surface area contributed by atoms with Crippen LogP contribution in [0.5, 0.6) is 0 Å². The van der Waals surface area contributed by atoms with E-state index in [0.717, 1.165) is 5.38 Å². The van der Waals surface area contributed by atoms with E-state index in [1.54, 1.807) is 55.5 Å². The van der Waals surface area contributed by atoms with E-state index >= 15 is 0 Å². The van der Waals surface area contributed by atoms with Crippen LogP contribution in [0, 0.1) is 0 Å². The predicted octanol–water partition coefficient (Wildman–Crippen LogP) is 4.76. The zero-order valence-corrected chi connectivity index (χ0v) is 29.5. The summed E-state index contributed by atoms with van der Waals surface area (Å²) >= 11 is 0.285. The number of alkyl halides is 3. The van der Waals surface area contributed by atoms with E-state index < -0.39 is 46.2 Å². The fourth-order valence-electron chi connectivity index (χ4n) is 5.94. The number of aliphatic imine (C=N–C) groups is 1. The molecule has 11 nitrogen and oxygen atoms in total. The standard InChI is InChI=1S/C36H40F3N7O4S/c1-6-46-30(42-24-13-8-7-9-14-24)26(16-40)28(29(33(46)49)44-32(48)27-20-51-34(43-27)36(37,38)39)23-12-10-11-22(15-23)17-41-31(47)21(2)35(3,4)45(5)25-18-50-19-25/h7-16,20,25,28-29H,2,6,17-19,40H2,1,3-5H3,(H,41,47)(H,44,48)/b26-16-,42-30?/t28-,29+/m1/s1. The number of carbonyl (C=O) groups excluding carboxylic acids is 3. The second-order valence-electron chi connectivity index (χ2n) is 12.7. The number of piperidine rings is 1. The molecule has 2 aliphatic rings. The molecule has 0 aliphatic carbocycles. The molecule has 0 bridgehead atoms. The molecule has 3 aromatic rings. The van der Waals surface area contributed by atoms with Crippen LogP contribution in [0.25, 0.3) is 0 Å². The van der Waals surface area contributed by atoms with Gasteiger partial charge < -0.3 is 21.1 Å². The highest BCUT2D eigenvalue weighted by molar-refractivity contribution is 7.10. The normalized spacial score (nSPS) is 20.1. The number of carbonyl (C=O) groups is 3. The van der Waals surface area contributed by atoms with Crippen molar-refractivity contribution >= 4 is 40.6 Å². The lowest BCUT2D eigenvalue weighted by molar-refractivity contribution is -0.137. The van der Waals surface area contributed by atoms with Crippen molar-refractivity contribution < 1.29 is 32.3 Å². The number of hydrogen-bond acceptors (Lipinski definition) is 9. The number of rotatable bonds is 11. The fraction of sp³-hybridized carbons (Fsp3) is 0.361. The number of likely N-dealkylation sites (tertiary alicyclic amines) is 1. The molecule has 2 saturated heterocycles. The number of aromatic nitrogens is 1. The number of likely N-dealkylation sites (N-methyl/N-ethyl adjacent to an activating group) is 2. The monoisotopic (exact) mass is 723 g/mol. The van der Waals surface area contributed by atoms with Gasteiger partial charge in [0.2, 0.25) is 5.91 Å². The van der Waals surface area contributed by atoms with Crippen molar-refractivity contribution in [3.63, 3.8) is 0 Å². The minimum Gasteiger partial charge on any atom is -0.404 e. The van der Waals surface area contributed by atoms with Crippen LogP contribution in [0.4, 0.5) is 18.9 Å². The quantitative estimate of drug-likeness (QED) is 0.242. The number of benzene rings is 2. The molecule has 0 radical (unpaired) electrons. The van der Waals surface area contributed by atoms with Crippen molar-refractivity contribution in [2.45, 2.75) is 57.0 Å². The van der Waals surface area contributed by atoms with Crippen LogP contribution in [0.2, 0.25) is 0 Å². The summed E-state index contributed by atoms with van der Waals surface area (Å²) in [7, 11) is 1.93. The first-order chi connectivity index (χ1) is 24.2. The number of amidine groups is 1. The van der Waals surface area contributed by atoms with Crippen LogP contribution in [0.15, 0.2) is 88.9 Å². The van der Waals surface area contributed by atoms with Gasteiger partial charge in [0.25, 0.3) is 11.8 Å². The average Bonchev–Trinajstić information content (AvgIpc) is 3.59. The van der Waals surface area contributed by atoms with Gasteiger partial charge in [0.05, 0.1) is 24.9 Å². The van der Waals surface area contributed by atoms with E-state index in [0.29, 0.717) is 41.2 Å². The van der Waals surface area contributed by atoms with E-state index in [1.807, 2.05) is 27.0 Å². The topological polar surface area (TPSA) is 142 Å². The van der Waals surface area contributed by atoms with Crippen molar-refractivity contribution in [3.8, 4) is 0 Å². The number of ether oxygens (including phenoxy) is 1. The van der Waals surface area contributed by atoms with Gasteiger partial charge in [-0.25, -0.2) is 9.98 Å². The highest BCUT2D eigenvalue weighted by atomic mass is 32.1. The van der Waals surface area contributed by atoms with Crippen molar-refractivity contribution in [2.24, 2.45) is 10.7 Å². The Morgan fingerprint density at radius 1 is 1.18 bits per heavy atom. The lowest BCUT2D eigenvalue weighted by Crippen LogP contribution is -2.59. The zero-order valence-electron chi connectivity index (χ0n) is 28.7. The van der Waals surface area contributed by atoms with Gasteiger partial charge in [-0.1, -0.05) is 49.0 Å². The molecule has 1 aromatic heterocycles. The Morgan fingerprint density at radius 2 is 1.88 bits per heavy atom. The van der Waals surface area contributed by atoms with Crippen LogP contribution in [0.3, 0.4) is 0 Å². The molecule has 2 fully saturated rings. The number of nitrogens with two attached hydrogens (primary N) is 1. The Labute approximate surface area is 298 Å². The van der Waals surface area contributed by atoms with Crippen LogP contribution >= 0.6 is 11.3 Å². The van der Waals surface area contributed by atoms with E-state index in [4.69, 9.17) is 15.5 Å². The second kappa shape index (κ2) is 15.2. The molecule has 3 amide bonds. The summed E-state index contributed by atoms with van der Waals surface area (Å²) in [6, 6.07) is 14.9. The maximum Gasteiger partial charge on any atom is 0.443 e. The van der Waals surface area contributed by atoms with Gasteiger partial charge in [0.1, 0.15) is 17.6 Å². The summed E-state index contributed by atoms with van der Waals surface area (Å²) in [6.45, 7) is 11.1. The van der Waals surface area contributed by atoms with Gasteiger partial charge in [-0.2, -0.15) is 13.2 Å². The Balaban J connectivity index is 1.47. The number of hydrogen-bond donors (Lipinski definition) is 3. The van der Waals surface area contributed by atoms with Gasteiger partial charge in [0.15, 0.2) is 5.01 Å². The molecule has 5 rings (SSSR count). The van der Waals surface area contributed by atoms with E-state index in [9.17, 15) is 27.6 Å². The molecule has 2 atom stereocenters. The number of thiazole rings is 1. The number of amides is 3. The Bertz CT molecular complexity index is 1850. The number of para-hydroxylation sites is 1. The third-order valence-corrected chi connectivity index (χ3v) is 10.2. The summed E-state index contributed by atoms with van der Waals surface area (Å²) in [5.74, 6) is -2.49. The molecule has 2 aliphatic heterocycles. The Morgan fingerprint density at radius 3 is 2.47 bits per heavy atom. The summed E-state index contributed by atoms with van der Waals surface area (Å²) in [6.07, 6.45) is -3.42. The molecule has 0 unspecified atom stereocenters. The molecular formula is C36H40F3N7O4S. The zero-order chi connectivity index (χ0) is 37.1. The largest absolute Gasteiger partial charge is 0.443 e. The van der Waals surface area contributed by atoms with Crippen molar-refractivity contribution in [1.82, 2.24) is 25.4 Å². The average molecular weight is 724 g/mol. The summed E-state index contributed by atoms with van der Waals surface area (Å²) in [5.41, 5.74) is 7.69. The molecule has 2 aromatic carbocycles. The van der Waals surface area contributed by atoms with Crippen molar-refractivity contribution in [1.29, 1.82) is 0 Å². The Kier molecular flexibility index (Phi) is 11.1. The lowest BCUT2D eigenvalue weighted by Gasteiger charge is -2.45. The lowest BCUT2D eigenvalue weighted by atomic mass is 9.79. The first-order valence-corrected chi connectivity index (χ1v) is 17.1. The van der Waals surface area contributed by atoms with Crippen LogP contribution in [-0.4, -0.2) is 82.8 Å². The van der Waals surface area contributed by atoms with Gasteiger partial charge in [-0.05, 0) is 51.1 Å². The van der Waals surface area contributed by atoms with Crippen molar-refractivity contribution in [2.75, 3.05) is 26.8 Å². The maximum atomic E-state index is 14.2. The molecule has 0 spiro atoms. The Hall–Kier alpha value is -4.86. The first kappa shape index (κ1) is 37.4. The maximum absolute atomic E-state index is 14.2. The van der Waals surface area contributed by atoms with Crippen LogP contribution < -0.4 is 16.4 Å². The van der Waals surface area contributed by atoms with Crippen molar-refractivity contribution in [3.05, 3.63) is 106 Å². The fourth-order valence-corrected chi connectivity index (χ4v) is 6.61. The molecular weight excluding hydrogens is 684 g/mol. The SMILES string of the molecule is C=C(C(=O)NCc1cccc([C@@H]2/C(=C/N)C(=Nc3ccccc3)N(CC)C(=O)[C@H]2NC(=O)c2csc(C(F)(F)F)n2)c1)C(C)(C)N(C)C1COC1. The summed E-state index contributed by atoms with van der Waals surface area (Å²) < 4.78 is 45.2. The first-order valence-electron chi connectivity index (χ1n) is 16.2. The number of halogens is 3. The van der Waals surface area contributed by atoms with Gasteiger partial charge in [0, 0.05) is 47.3 Å². The minimum atomic E-state index is -4.73. The number of nitrogens with zero attached hydrogens (tertiary/aromatic N) is 4. The minimum absolute atomic E-state index is 0.114. The van der Waals surface area contributed by atoms with Crippen LogP contribution in [-0.2, 0) is 27.0 Å². The number of nitrogens with one attached hydrogen (secondary N) is 2. The highest BCUT2D eigenvalue weighted by Gasteiger charge is 2.45.